The molecule has 0 amide bonds. The second kappa shape index (κ2) is 5.75. The molecule has 0 aromatic heterocycles. The van der Waals surface area contributed by atoms with Crippen LogP contribution in [-0.2, 0) is 24.7 Å². The number of nitrogens with one attached hydrogen (secondary N) is 1. The Kier molecular flexibility index (Phi) is 4.71. The maximum Gasteiger partial charge on any atom is 0.304 e. The first-order chi connectivity index (χ1) is 9.01. The predicted molar refractivity (Wildman–Crippen MR) is 69.2 cm³/mol. The van der Waals surface area contributed by atoms with Crippen molar-refractivity contribution in [3.63, 3.8) is 0 Å². The van der Waals surface area contributed by atoms with Gasteiger partial charge in [-0.1, -0.05) is 0 Å². The van der Waals surface area contributed by atoms with E-state index in [9.17, 15) is 26.0 Å². The monoisotopic (exact) mass is 325 g/mol. The van der Waals surface area contributed by atoms with E-state index in [-0.39, 0.29) is 4.90 Å². The van der Waals surface area contributed by atoms with Gasteiger partial charge in [0.25, 0.3) is 0 Å². The van der Waals surface area contributed by atoms with E-state index in [1.807, 2.05) is 4.72 Å². The second-order valence-corrected chi connectivity index (χ2v) is 7.84. The van der Waals surface area contributed by atoms with Crippen molar-refractivity contribution in [2.24, 2.45) is 0 Å². The molecule has 0 bridgehead atoms. The number of hydrogen-bond acceptors (Lipinski definition) is 5. The van der Waals surface area contributed by atoms with E-state index < -0.39 is 49.5 Å². The van der Waals surface area contributed by atoms with Gasteiger partial charge in [-0.3, -0.25) is 9.52 Å². The lowest BCUT2D eigenvalue weighted by molar-refractivity contribution is -0.136. The van der Waals surface area contributed by atoms with Crippen LogP contribution < -0.4 is 4.72 Å². The summed E-state index contributed by atoms with van der Waals surface area (Å²) in [4.78, 5) is 10.1. The highest BCUT2D eigenvalue weighted by Crippen LogP contribution is 2.20. The maximum atomic E-state index is 13.4. The van der Waals surface area contributed by atoms with E-state index in [4.69, 9.17) is 5.11 Å². The predicted octanol–water partition coefficient (Wildman–Crippen LogP) is 0.446. The van der Waals surface area contributed by atoms with Gasteiger partial charge in [0.15, 0.2) is 9.84 Å². The number of carboxylic acid groups (broad SMARTS) is 1. The minimum absolute atomic E-state index is 0.255. The minimum Gasteiger partial charge on any atom is -0.481 e. The summed E-state index contributed by atoms with van der Waals surface area (Å²) in [7, 11) is -7.70. The van der Waals surface area contributed by atoms with E-state index >= 15 is 0 Å². The zero-order valence-corrected chi connectivity index (χ0v) is 12.0. The number of hydrogen-bond donors (Lipinski definition) is 2. The minimum atomic E-state index is -4.08. The van der Waals surface area contributed by atoms with Gasteiger partial charge in [0, 0.05) is 6.26 Å². The first-order valence-electron chi connectivity index (χ1n) is 5.23. The van der Waals surface area contributed by atoms with Crippen LogP contribution in [-0.4, -0.2) is 39.9 Å². The van der Waals surface area contributed by atoms with E-state index in [0.29, 0.717) is 0 Å². The third kappa shape index (κ3) is 4.78. The van der Waals surface area contributed by atoms with Gasteiger partial charge in [-0.2, -0.15) is 0 Å². The van der Waals surface area contributed by atoms with Gasteiger partial charge < -0.3 is 5.11 Å². The zero-order valence-electron chi connectivity index (χ0n) is 10.3. The van der Waals surface area contributed by atoms with Crippen molar-refractivity contribution in [2.75, 3.05) is 16.7 Å². The number of sulfone groups is 1. The molecule has 1 aromatic carbocycles. The fraction of sp³-hybridized carbons (Fsp3) is 0.300. The van der Waals surface area contributed by atoms with Crippen molar-refractivity contribution in [3.8, 4) is 0 Å². The number of halogens is 1. The summed E-state index contributed by atoms with van der Waals surface area (Å²) in [6, 6.07) is 2.65. The van der Waals surface area contributed by atoms with Gasteiger partial charge in [-0.25, -0.2) is 21.2 Å². The molecule has 1 rings (SSSR count). The normalized spacial score (nSPS) is 12.1. The fourth-order valence-electron chi connectivity index (χ4n) is 1.25. The summed E-state index contributed by atoms with van der Waals surface area (Å²) in [5.41, 5.74) is -0.543. The Bertz CT molecular complexity index is 726. The molecule has 0 atom stereocenters. The molecule has 0 unspecified atom stereocenters. The van der Waals surface area contributed by atoms with Gasteiger partial charge >= 0.3 is 5.97 Å². The summed E-state index contributed by atoms with van der Waals surface area (Å²) in [5.74, 6) is -3.03. The molecule has 1 aromatic rings. The summed E-state index contributed by atoms with van der Waals surface area (Å²) in [6.45, 7) is 0. The number of carbonyl (C=O) groups is 1. The largest absolute Gasteiger partial charge is 0.481 e. The molecule has 20 heavy (non-hydrogen) atoms. The summed E-state index contributed by atoms with van der Waals surface area (Å²) >= 11 is 0. The molecule has 0 radical (unpaired) electrons. The Hall–Kier alpha value is -1.68. The lowest BCUT2D eigenvalue weighted by atomic mass is 10.3. The highest BCUT2D eigenvalue weighted by Gasteiger charge is 2.17. The fourth-order valence-corrected chi connectivity index (χ4v) is 2.94. The highest BCUT2D eigenvalue weighted by molar-refractivity contribution is 7.92. The lowest BCUT2D eigenvalue weighted by Crippen LogP contribution is -2.19. The van der Waals surface area contributed by atoms with Crippen molar-refractivity contribution >= 4 is 31.5 Å². The molecule has 0 saturated heterocycles. The molecule has 0 heterocycles. The Labute approximate surface area is 115 Å². The molecule has 112 valence electrons. The SMILES string of the molecule is CS(=O)(=O)c1ccc(F)c(NS(=O)(=O)CCC(=O)O)c1. The number of sulfonamides is 1. The van der Waals surface area contributed by atoms with Crippen molar-refractivity contribution in [1.82, 2.24) is 0 Å². The van der Waals surface area contributed by atoms with Gasteiger partial charge in [-0.05, 0) is 18.2 Å². The first-order valence-corrected chi connectivity index (χ1v) is 8.77. The Morgan fingerprint density at radius 2 is 1.90 bits per heavy atom. The highest BCUT2D eigenvalue weighted by atomic mass is 32.2. The molecule has 7 nitrogen and oxygen atoms in total. The van der Waals surface area contributed by atoms with Crippen LogP contribution in [0, 0.1) is 5.82 Å². The number of rotatable bonds is 6. The third-order valence-electron chi connectivity index (χ3n) is 2.22. The van der Waals surface area contributed by atoms with Crippen LogP contribution in [0.4, 0.5) is 10.1 Å². The maximum absolute atomic E-state index is 13.4. The average molecular weight is 325 g/mol. The summed E-state index contributed by atoms with van der Waals surface area (Å²) < 4.78 is 60.9. The van der Waals surface area contributed by atoms with Crippen molar-refractivity contribution in [2.45, 2.75) is 11.3 Å². The molecule has 2 N–H and O–H groups in total. The Morgan fingerprint density at radius 3 is 2.40 bits per heavy atom. The van der Waals surface area contributed by atoms with E-state index in [1.54, 1.807) is 0 Å². The van der Waals surface area contributed by atoms with Crippen molar-refractivity contribution in [3.05, 3.63) is 24.0 Å². The lowest BCUT2D eigenvalue weighted by Gasteiger charge is -2.09. The number of benzene rings is 1. The van der Waals surface area contributed by atoms with Crippen LogP contribution >= 0.6 is 0 Å². The average Bonchev–Trinajstić information content (AvgIpc) is 2.28. The smallest absolute Gasteiger partial charge is 0.304 e. The molecular formula is C10H12FNO6S2. The van der Waals surface area contributed by atoms with Crippen LogP contribution in [0.5, 0.6) is 0 Å². The zero-order chi connectivity index (χ0) is 15.6. The van der Waals surface area contributed by atoms with E-state index in [1.165, 1.54) is 0 Å². The molecule has 0 fully saturated rings. The topological polar surface area (TPSA) is 118 Å². The molecular weight excluding hydrogens is 313 g/mol. The molecule has 0 aliphatic carbocycles. The Balaban J connectivity index is 3.06. The third-order valence-corrected chi connectivity index (χ3v) is 4.60. The summed E-state index contributed by atoms with van der Waals surface area (Å²) in [6.07, 6.45) is 0.242. The van der Waals surface area contributed by atoms with Crippen LogP contribution in [0.3, 0.4) is 0 Å². The van der Waals surface area contributed by atoms with Crippen LogP contribution in [0.15, 0.2) is 23.1 Å². The van der Waals surface area contributed by atoms with Crippen LogP contribution in [0.2, 0.25) is 0 Å². The number of aliphatic carboxylic acids is 1. The van der Waals surface area contributed by atoms with E-state index in [2.05, 4.69) is 0 Å². The van der Waals surface area contributed by atoms with Gasteiger partial charge in [0.05, 0.1) is 22.8 Å². The van der Waals surface area contributed by atoms with Crippen molar-refractivity contribution in [1.29, 1.82) is 0 Å². The second-order valence-electron chi connectivity index (χ2n) is 3.98. The molecule has 10 heteroatoms. The van der Waals surface area contributed by atoms with Crippen molar-refractivity contribution < 1.29 is 31.1 Å². The van der Waals surface area contributed by atoms with Crippen LogP contribution in [0.25, 0.3) is 0 Å². The molecule has 0 saturated carbocycles. The number of anilines is 1. The Morgan fingerprint density at radius 1 is 1.30 bits per heavy atom. The molecule has 0 aliphatic rings. The van der Waals surface area contributed by atoms with Gasteiger partial charge in [0.1, 0.15) is 5.82 Å². The van der Waals surface area contributed by atoms with Gasteiger partial charge in [-0.15, -0.1) is 0 Å². The standard InChI is InChI=1S/C10H12FNO6S2/c1-19(15,16)7-2-3-8(11)9(6-7)12-20(17,18)5-4-10(13)14/h2-3,6,12H,4-5H2,1H3,(H,13,14). The van der Waals surface area contributed by atoms with Gasteiger partial charge in [0.2, 0.25) is 10.0 Å². The first kappa shape index (κ1) is 16.4. The van der Waals surface area contributed by atoms with E-state index in [0.717, 1.165) is 24.5 Å². The quantitative estimate of drug-likeness (QED) is 0.733. The molecule has 0 spiro atoms. The number of carboxylic acids is 1. The van der Waals surface area contributed by atoms with Crippen LogP contribution in [0.1, 0.15) is 6.42 Å². The summed E-state index contributed by atoms with van der Waals surface area (Å²) in [5, 5.41) is 8.40. The molecule has 0 aliphatic heterocycles.